The number of fused-ring (bicyclic) bond motifs is 1. The molecule has 1 aromatic carbocycles. The van der Waals surface area contributed by atoms with E-state index in [1.807, 2.05) is 6.07 Å². The van der Waals surface area contributed by atoms with Crippen molar-refractivity contribution in [3.05, 3.63) is 39.8 Å². The summed E-state index contributed by atoms with van der Waals surface area (Å²) in [6, 6.07) is 7.24. The van der Waals surface area contributed by atoms with Crippen LogP contribution in [0, 0.1) is 11.3 Å². The molecule has 6 nitrogen and oxygen atoms in total. The molecule has 0 unspecified atom stereocenters. The topological polar surface area (TPSA) is 94.7 Å². The summed E-state index contributed by atoms with van der Waals surface area (Å²) in [5, 5.41) is 12.4. The van der Waals surface area contributed by atoms with Gasteiger partial charge in [0.15, 0.2) is 10.7 Å². The van der Waals surface area contributed by atoms with E-state index in [0.717, 1.165) is 5.69 Å². The van der Waals surface area contributed by atoms with Crippen LogP contribution in [-0.4, -0.2) is 9.97 Å². The summed E-state index contributed by atoms with van der Waals surface area (Å²) < 4.78 is 4.95. The van der Waals surface area contributed by atoms with Gasteiger partial charge in [-0.05, 0) is 12.1 Å². The van der Waals surface area contributed by atoms with E-state index in [4.69, 9.17) is 9.68 Å². The van der Waals surface area contributed by atoms with Crippen LogP contribution in [-0.2, 0) is 0 Å². The summed E-state index contributed by atoms with van der Waals surface area (Å²) in [6.07, 6.45) is 1.50. The van der Waals surface area contributed by atoms with Crippen molar-refractivity contribution < 1.29 is 4.42 Å². The Morgan fingerprint density at radius 1 is 1.50 bits per heavy atom. The molecule has 0 saturated carbocycles. The number of aromatic amines is 1. The first-order chi connectivity index (χ1) is 8.74. The number of H-pyrrole nitrogens is 1. The van der Waals surface area contributed by atoms with Crippen LogP contribution >= 0.6 is 11.3 Å². The highest BCUT2D eigenvalue weighted by atomic mass is 32.1. The SMILES string of the molecule is N#Cc1cnc(Nc2ccc3[nH]c(=O)oc3c2)s1. The van der Waals surface area contributed by atoms with Gasteiger partial charge in [-0.1, -0.05) is 11.3 Å². The fourth-order valence-corrected chi connectivity index (χ4v) is 2.16. The molecule has 7 heteroatoms. The molecule has 0 amide bonds. The number of hydrogen-bond donors (Lipinski definition) is 2. The molecular formula is C11H6N4O2S. The van der Waals surface area contributed by atoms with Gasteiger partial charge in [0.1, 0.15) is 10.9 Å². The first-order valence-electron chi connectivity index (χ1n) is 5.00. The molecule has 2 aromatic heterocycles. The van der Waals surface area contributed by atoms with Crippen molar-refractivity contribution in [2.75, 3.05) is 5.32 Å². The smallest absolute Gasteiger partial charge is 0.408 e. The van der Waals surface area contributed by atoms with Crippen molar-refractivity contribution in [3.63, 3.8) is 0 Å². The number of oxazole rings is 1. The molecule has 0 saturated heterocycles. The normalized spacial score (nSPS) is 10.4. The Morgan fingerprint density at radius 2 is 2.39 bits per heavy atom. The Morgan fingerprint density at radius 3 is 3.17 bits per heavy atom. The number of nitrogens with one attached hydrogen (secondary N) is 2. The monoisotopic (exact) mass is 258 g/mol. The van der Waals surface area contributed by atoms with Gasteiger partial charge in [0.05, 0.1) is 11.7 Å². The van der Waals surface area contributed by atoms with Crippen molar-refractivity contribution in [1.82, 2.24) is 9.97 Å². The van der Waals surface area contributed by atoms with Crippen molar-refractivity contribution in [3.8, 4) is 6.07 Å². The molecule has 0 atom stereocenters. The summed E-state index contributed by atoms with van der Waals surface area (Å²) >= 11 is 1.25. The van der Waals surface area contributed by atoms with Crippen molar-refractivity contribution in [1.29, 1.82) is 5.26 Å². The van der Waals surface area contributed by atoms with E-state index in [0.29, 0.717) is 21.1 Å². The number of benzene rings is 1. The molecule has 0 fully saturated rings. The predicted molar refractivity (Wildman–Crippen MR) is 66.9 cm³/mol. The zero-order valence-electron chi connectivity index (χ0n) is 8.93. The fourth-order valence-electron chi connectivity index (χ4n) is 1.53. The number of nitrogens with zero attached hydrogens (tertiary/aromatic N) is 2. The van der Waals surface area contributed by atoms with Gasteiger partial charge >= 0.3 is 5.76 Å². The largest absolute Gasteiger partial charge is 0.417 e. The third kappa shape index (κ3) is 1.85. The number of rotatable bonds is 2. The van der Waals surface area contributed by atoms with Gasteiger partial charge < -0.3 is 9.73 Å². The average molecular weight is 258 g/mol. The van der Waals surface area contributed by atoms with Crippen LogP contribution in [0.1, 0.15) is 4.88 Å². The highest BCUT2D eigenvalue weighted by Gasteiger charge is 2.04. The minimum atomic E-state index is -0.483. The van der Waals surface area contributed by atoms with Crippen LogP contribution < -0.4 is 11.1 Å². The second-order valence-electron chi connectivity index (χ2n) is 3.49. The van der Waals surface area contributed by atoms with Gasteiger partial charge in [0.2, 0.25) is 0 Å². The lowest BCUT2D eigenvalue weighted by atomic mass is 10.3. The average Bonchev–Trinajstić information content (AvgIpc) is 2.94. The van der Waals surface area contributed by atoms with Gasteiger partial charge in [-0.2, -0.15) is 5.26 Å². The minimum absolute atomic E-state index is 0.474. The van der Waals surface area contributed by atoms with E-state index in [1.165, 1.54) is 17.5 Å². The van der Waals surface area contributed by atoms with E-state index in [2.05, 4.69) is 15.3 Å². The Bertz CT molecular complexity index is 808. The van der Waals surface area contributed by atoms with E-state index < -0.39 is 5.76 Å². The third-order valence-electron chi connectivity index (χ3n) is 2.29. The summed E-state index contributed by atoms with van der Waals surface area (Å²) in [6.45, 7) is 0. The predicted octanol–water partition coefficient (Wildman–Crippen LogP) is 2.19. The van der Waals surface area contributed by atoms with Gasteiger partial charge in [-0.15, -0.1) is 0 Å². The van der Waals surface area contributed by atoms with Crippen molar-refractivity contribution in [2.45, 2.75) is 0 Å². The number of nitriles is 1. The third-order valence-corrected chi connectivity index (χ3v) is 3.11. The van der Waals surface area contributed by atoms with Crippen LogP contribution in [0.2, 0.25) is 0 Å². The zero-order chi connectivity index (χ0) is 12.5. The highest BCUT2D eigenvalue weighted by Crippen LogP contribution is 2.24. The standard InChI is InChI=1S/C11H6N4O2S/c12-4-7-5-13-10(18-7)14-6-1-2-8-9(3-6)17-11(16)15-8/h1-3,5H,(H,13,14)(H,15,16). The molecule has 3 aromatic rings. The first-order valence-corrected chi connectivity index (χ1v) is 5.82. The molecule has 0 radical (unpaired) electrons. The molecule has 0 aliphatic heterocycles. The number of aromatic nitrogens is 2. The lowest BCUT2D eigenvalue weighted by molar-refractivity contribution is 0.555. The van der Waals surface area contributed by atoms with Crippen LogP contribution in [0.5, 0.6) is 0 Å². The molecule has 0 bridgehead atoms. The molecular weight excluding hydrogens is 252 g/mol. The number of hydrogen-bond acceptors (Lipinski definition) is 6. The van der Waals surface area contributed by atoms with Crippen LogP contribution in [0.15, 0.2) is 33.6 Å². The number of thiazole rings is 1. The maximum atomic E-state index is 11.0. The molecule has 0 spiro atoms. The second-order valence-corrected chi connectivity index (χ2v) is 4.52. The molecule has 0 aliphatic rings. The van der Waals surface area contributed by atoms with E-state index in [1.54, 1.807) is 18.2 Å². The summed E-state index contributed by atoms with van der Waals surface area (Å²) in [5.41, 5.74) is 1.86. The lowest BCUT2D eigenvalue weighted by Crippen LogP contribution is -1.92. The lowest BCUT2D eigenvalue weighted by Gasteiger charge is -2.00. The summed E-state index contributed by atoms with van der Waals surface area (Å²) in [4.78, 5) is 18.2. The molecule has 3 rings (SSSR count). The van der Waals surface area contributed by atoms with Gasteiger partial charge in [-0.3, -0.25) is 4.98 Å². The maximum Gasteiger partial charge on any atom is 0.417 e. The Hall–Kier alpha value is -2.59. The maximum absolute atomic E-state index is 11.0. The fraction of sp³-hybridized carbons (Fsp3) is 0. The van der Waals surface area contributed by atoms with Crippen molar-refractivity contribution >= 4 is 33.3 Å². The summed E-state index contributed by atoms with van der Waals surface area (Å²) in [5.74, 6) is -0.483. The minimum Gasteiger partial charge on any atom is -0.408 e. The van der Waals surface area contributed by atoms with Gasteiger partial charge in [-0.25, -0.2) is 9.78 Å². The molecule has 2 heterocycles. The van der Waals surface area contributed by atoms with Gasteiger partial charge in [0, 0.05) is 11.8 Å². The van der Waals surface area contributed by atoms with Crippen LogP contribution in [0.25, 0.3) is 11.1 Å². The molecule has 18 heavy (non-hydrogen) atoms. The van der Waals surface area contributed by atoms with Crippen LogP contribution in [0.3, 0.4) is 0 Å². The quantitative estimate of drug-likeness (QED) is 0.734. The Labute approximate surface area is 105 Å². The molecule has 0 aliphatic carbocycles. The molecule has 2 N–H and O–H groups in total. The van der Waals surface area contributed by atoms with Crippen LogP contribution in [0.4, 0.5) is 10.8 Å². The van der Waals surface area contributed by atoms with E-state index in [-0.39, 0.29) is 0 Å². The summed E-state index contributed by atoms with van der Waals surface area (Å²) in [7, 11) is 0. The number of anilines is 2. The Balaban J connectivity index is 1.94. The van der Waals surface area contributed by atoms with E-state index >= 15 is 0 Å². The highest BCUT2D eigenvalue weighted by molar-refractivity contribution is 7.16. The van der Waals surface area contributed by atoms with Gasteiger partial charge in [0.25, 0.3) is 0 Å². The first kappa shape index (κ1) is 10.6. The molecule has 88 valence electrons. The van der Waals surface area contributed by atoms with Crippen molar-refractivity contribution in [2.24, 2.45) is 0 Å². The zero-order valence-corrected chi connectivity index (χ0v) is 9.75. The Kier molecular flexibility index (Phi) is 2.35. The second kappa shape index (κ2) is 4.01. The van der Waals surface area contributed by atoms with E-state index in [9.17, 15) is 4.79 Å².